The van der Waals surface area contributed by atoms with Crippen molar-refractivity contribution in [3.05, 3.63) is 29.8 Å². The quantitative estimate of drug-likeness (QED) is 0.467. The number of methoxy groups -OCH3 is 1. The van der Waals surface area contributed by atoms with Gasteiger partial charge in [0.2, 0.25) is 0 Å². The molecule has 0 fully saturated rings. The summed E-state index contributed by atoms with van der Waals surface area (Å²) in [5, 5.41) is 0. The van der Waals surface area contributed by atoms with Gasteiger partial charge in [0, 0.05) is 5.88 Å². The second-order valence-corrected chi connectivity index (χ2v) is 3.56. The fourth-order valence-corrected chi connectivity index (χ4v) is 1.38. The van der Waals surface area contributed by atoms with Crippen molar-refractivity contribution < 1.29 is 19.0 Å². The van der Waals surface area contributed by atoms with Crippen LogP contribution in [0.3, 0.4) is 0 Å². The lowest BCUT2D eigenvalue weighted by molar-refractivity contribution is 0.103. The van der Waals surface area contributed by atoms with Gasteiger partial charge in [0.05, 0.1) is 13.7 Å². The largest absolute Gasteiger partial charge is 0.513 e. The lowest BCUT2D eigenvalue weighted by Crippen LogP contribution is -2.10. The molecule has 0 aromatic heterocycles. The molecule has 0 bridgehead atoms. The predicted octanol–water partition coefficient (Wildman–Crippen LogP) is 3.48. The molecular weight excluding hydrogens is 256 g/mol. The van der Waals surface area contributed by atoms with Crippen LogP contribution in [0.5, 0.6) is 11.5 Å². The van der Waals surface area contributed by atoms with E-state index in [0.717, 1.165) is 5.56 Å². The molecule has 1 aromatic carbocycles. The first-order valence-electron chi connectivity index (χ1n) is 5.46. The minimum Gasteiger partial charge on any atom is -0.493 e. The molecule has 0 saturated carbocycles. The number of alkyl halides is 1. The number of carbonyl (C=O) groups excluding carboxylic acids is 1. The zero-order chi connectivity index (χ0) is 13.4. The number of halogens is 1. The molecule has 0 N–H and O–H groups in total. The number of benzene rings is 1. The molecule has 0 amide bonds. The topological polar surface area (TPSA) is 44.8 Å². The summed E-state index contributed by atoms with van der Waals surface area (Å²) in [5.74, 6) is 1.21. The molecule has 0 spiro atoms. The Balaban J connectivity index is 2.86. The highest BCUT2D eigenvalue weighted by atomic mass is 35.5. The highest BCUT2D eigenvalue weighted by molar-refractivity contribution is 6.19. The van der Waals surface area contributed by atoms with Crippen molar-refractivity contribution in [1.82, 2.24) is 0 Å². The van der Waals surface area contributed by atoms with E-state index in [0.29, 0.717) is 17.4 Å². The van der Waals surface area contributed by atoms with Crippen molar-refractivity contribution in [2.75, 3.05) is 19.6 Å². The van der Waals surface area contributed by atoms with E-state index in [1.165, 1.54) is 7.11 Å². The maximum absolute atomic E-state index is 11.2. The van der Waals surface area contributed by atoms with E-state index in [1.807, 2.05) is 12.2 Å². The molecule has 0 atom stereocenters. The van der Waals surface area contributed by atoms with Gasteiger partial charge < -0.3 is 14.2 Å². The highest BCUT2D eigenvalue weighted by Gasteiger charge is 2.10. The Morgan fingerprint density at radius 1 is 1.39 bits per heavy atom. The molecule has 4 nitrogen and oxygen atoms in total. The van der Waals surface area contributed by atoms with Gasteiger partial charge in [-0.15, -0.1) is 11.6 Å². The molecule has 98 valence electrons. The van der Waals surface area contributed by atoms with E-state index < -0.39 is 6.16 Å². The summed E-state index contributed by atoms with van der Waals surface area (Å²) in [5.41, 5.74) is 0.906. The van der Waals surface area contributed by atoms with Crippen LogP contribution in [0.4, 0.5) is 4.79 Å². The predicted molar refractivity (Wildman–Crippen MR) is 70.4 cm³/mol. The van der Waals surface area contributed by atoms with Crippen molar-refractivity contribution in [3.63, 3.8) is 0 Å². The molecule has 18 heavy (non-hydrogen) atoms. The van der Waals surface area contributed by atoms with Crippen LogP contribution >= 0.6 is 11.6 Å². The highest BCUT2D eigenvalue weighted by Crippen LogP contribution is 2.28. The van der Waals surface area contributed by atoms with Crippen molar-refractivity contribution in [1.29, 1.82) is 0 Å². The van der Waals surface area contributed by atoms with E-state index in [2.05, 4.69) is 0 Å². The number of carbonyl (C=O) groups is 1. The van der Waals surface area contributed by atoms with E-state index in [-0.39, 0.29) is 6.61 Å². The van der Waals surface area contributed by atoms with Gasteiger partial charge in [-0.3, -0.25) is 0 Å². The van der Waals surface area contributed by atoms with Gasteiger partial charge >= 0.3 is 6.16 Å². The molecule has 1 aromatic rings. The first kappa shape index (κ1) is 14.4. The van der Waals surface area contributed by atoms with Crippen LogP contribution in [-0.2, 0) is 4.74 Å². The third-order valence-electron chi connectivity index (χ3n) is 2.04. The number of ether oxygens (including phenoxy) is 3. The lowest BCUT2D eigenvalue weighted by atomic mass is 10.2. The Labute approximate surface area is 111 Å². The maximum atomic E-state index is 11.2. The van der Waals surface area contributed by atoms with Gasteiger partial charge in [0.15, 0.2) is 11.5 Å². The van der Waals surface area contributed by atoms with Gasteiger partial charge in [0.25, 0.3) is 0 Å². The molecular formula is C13H15ClO4. The average Bonchev–Trinajstić information content (AvgIpc) is 2.37. The first-order valence-corrected chi connectivity index (χ1v) is 5.99. The molecule has 0 heterocycles. The first-order chi connectivity index (χ1) is 8.71. The summed E-state index contributed by atoms with van der Waals surface area (Å²) >= 11 is 5.56. The second kappa shape index (κ2) is 7.61. The molecule has 0 aliphatic heterocycles. The standard InChI is InChI=1S/C13H15ClO4/c1-3-17-13(15)18-11-7-6-10(5-4-8-14)9-12(11)16-2/h4-7,9H,3,8H2,1-2H3/b5-4+. The van der Waals surface area contributed by atoms with E-state index >= 15 is 0 Å². The summed E-state index contributed by atoms with van der Waals surface area (Å²) in [4.78, 5) is 11.2. The fraction of sp³-hybridized carbons (Fsp3) is 0.308. The summed E-state index contributed by atoms with van der Waals surface area (Å²) in [6.45, 7) is 1.97. The average molecular weight is 271 g/mol. The zero-order valence-corrected chi connectivity index (χ0v) is 11.1. The third kappa shape index (κ3) is 4.30. The Morgan fingerprint density at radius 2 is 2.17 bits per heavy atom. The molecule has 0 radical (unpaired) electrons. The molecule has 0 saturated heterocycles. The molecule has 0 aliphatic rings. The number of rotatable bonds is 5. The monoisotopic (exact) mass is 270 g/mol. The normalized spacial score (nSPS) is 10.4. The molecule has 5 heteroatoms. The number of allylic oxidation sites excluding steroid dienone is 1. The third-order valence-corrected chi connectivity index (χ3v) is 2.22. The van der Waals surface area contributed by atoms with Gasteiger partial charge in [-0.05, 0) is 24.6 Å². The molecule has 0 unspecified atom stereocenters. The SMILES string of the molecule is CCOC(=O)Oc1ccc(/C=C/CCl)cc1OC. The Hall–Kier alpha value is -1.68. The smallest absolute Gasteiger partial charge is 0.493 e. The minimum atomic E-state index is -0.750. The zero-order valence-electron chi connectivity index (χ0n) is 10.3. The van der Waals surface area contributed by atoms with E-state index in [9.17, 15) is 4.79 Å². The maximum Gasteiger partial charge on any atom is 0.513 e. The summed E-state index contributed by atoms with van der Waals surface area (Å²) in [6.07, 6.45) is 2.91. The number of hydrogen-bond donors (Lipinski definition) is 0. The van der Waals surface area contributed by atoms with Crippen LogP contribution in [0.2, 0.25) is 0 Å². The van der Waals surface area contributed by atoms with Gasteiger partial charge in [-0.25, -0.2) is 4.79 Å². The Morgan fingerprint density at radius 3 is 2.78 bits per heavy atom. The van der Waals surface area contributed by atoms with Crippen molar-refractivity contribution >= 4 is 23.8 Å². The van der Waals surface area contributed by atoms with Crippen molar-refractivity contribution in [3.8, 4) is 11.5 Å². The van der Waals surface area contributed by atoms with Gasteiger partial charge in [-0.1, -0.05) is 18.2 Å². The summed E-state index contributed by atoms with van der Waals surface area (Å²) in [7, 11) is 1.50. The van der Waals surface area contributed by atoms with E-state index in [4.69, 9.17) is 25.8 Å². The molecule has 1 rings (SSSR count). The van der Waals surface area contributed by atoms with Gasteiger partial charge in [-0.2, -0.15) is 0 Å². The Bertz CT molecular complexity index is 429. The fourth-order valence-electron chi connectivity index (χ4n) is 1.29. The minimum absolute atomic E-state index is 0.262. The lowest BCUT2D eigenvalue weighted by Gasteiger charge is -2.09. The van der Waals surface area contributed by atoms with Crippen LogP contribution in [0.25, 0.3) is 6.08 Å². The van der Waals surface area contributed by atoms with Crippen LogP contribution in [0, 0.1) is 0 Å². The van der Waals surface area contributed by atoms with Crippen molar-refractivity contribution in [2.45, 2.75) is 6.92 Å². The summed E-state index contributed by atoms with van der Waals surface area (Å²) in [6, 6.07) is 5.18. The van der Waals surface area contributed by atoms with Crippen LogP contribution in [-0.4, -0.2) is 25.8 Å². The summed E-state index contributed by atoms with van der Waals surface area (Å²) < 4.78 is 14.8. The molecule has 0 aliphatic carbocycles. The van der Waals surface area contributed by atoms with E-state index in [1.54, 1.807) is 25.1 Å². The van der Waals surface area contributed by atoms with Crippen LogP contribution < -0.4 is 9.47 Å². The second-order valence-electron chi connectivity index (χ2n) is 3.25. The van der Waals surface area contributed by atoms with Crippen LogP contribution in [0.15, 0.2) is 24.3 Å². The van der Waals surface area contributed by atoms with Gasteiger partial charge in [0.1, 0.15) is 0 Å². The van der Waals surface area contributed by atoms with Crippen LogP contribution in [0.1, 0.15) is 12.5 Å². The Kier molecular flexibility index (Phi) is 6.08. The number of hydrogen-bond acceptors (Lipinski definition) is 4. The van der Waals surface area contributed by atoms with Crippen molar-refractivity contribution in [2.24, 2.45) is 0 Å².